The number of pyridine rings is 1. The van der Waals surface area contributed by atoms with Gasteiger partial charge in [0.1, 0.15) is 10.5 Å². The number of aromatic nitrogens is 2. The number of halogens is 1. The van der Waals surface area contributed by atoms with Gasteiger partial charge in [0.05, 0.1) is 5.02 Å². The lowest BCUT2D eigenvalue weighted by molar-refractivity contribution is 0.190. The van der Waals surface area contributed by atoms with E-state index in [1.165, 1.54) is 15.3 Å². The molecule has 0 aliphatic carbocycles. The van der Waals surface area contributed by atoms with Crippen molar-refractivity contribution in [3.05, 3.63) is 59.4 Å². The molecule has 3 heterocycles. The van der Waals surface area contributed by atoms with Gasteiger partial charge in [-0.25, -0.2) is 13.4 Å². The Hall–Kier alpha value is -1.93. The molecule has 1 saturated heterocycles. The molecule has 1 aliphatic rings. The van der Waals surface area contributed by atoms with Gasteiger partial charge >= 0.3 is 0 Å². The van der Waals surface area contributed by atoms with Gasteiger partial charge in [-0.2, -0.15) is 4.31 Å². The van der Waals surface area contributed by atoms with E-state index >= 15 is 0 Å². The van der Waals surface area contributed by atoms with E-state index in [9.17, 15) is 8.42 Å². The molecule has 3 aromatic rings. The molecule has 8 heteroatoms. The van der Waals surface area contributed by atoms with E-state index in [0.717, 1.165) is 25.2 Å². The maximum absolute atomic E-state index is 12.9. The van der Waals surface area contributed by atoms with Crippen LogP contribution >= 0.6 is 11.6 Å². The van der Waals surface area contributed by atoms with Crippen LogP contribution in [0.25, 0.3) is 11.0 Å². The third kappa shape index (κ3) is 4.05. The van der Waals surface area contributed by atoms with Crippen LogP contribution in [-0.2, 0) is 23.0 Å². The van der Waals surface area contributed by atoms with Crippen molar-refractivity contribution >= 4 is 32.7 Å². The van der Waals surface area contributed by atoms with Crippen LogP contribution < -0.4 is 0 Å². The van der Waals surface area contributed by atoms with Gasteiger partial charge in [0.2, 0.25) is 10.0 Å². The second kappa shape index (κ2) is 8.44. The van der Waals surface area contributed by atoms with Crippen molar-refractivity contribution in [2.75, 3.05) is 32.7 Å². The van der Waals surface area contributed by atoms with Crippen LogP contribution in [0.15, 0.2) is 53.7 Å². The Morgan fingerprint density at radius 2 is 1.83 bits per heavy atom. The van der Waals surface area contributed by atoms with E-state index in [4.69, 9.17) is 11.6 Å². The number of aryl methyl sites for hydroxylation is 1. The largest absolute Gasteiger partial charge is 0.333 e. The summed E-state index contributed by atoms with van der Waals surface area (Å²) in [5.74, 6) is 0. The van der Waals surface area contributed by atoms with E-state index in [-0.39, 0.29) is 9.92 Å². The fourth-order valence-corrected chi connectivity index (χ4v) is 5.82. The molecule has 1 fully saturated rings. The lowest BCUT2D eigenvalue weighted by Crippen LogP contribution is -2.49. The van der Waals surface area contributed by atoms with Crippen molar-refractivity contribution < 1.29 is 8.42 Å². The lowest BCUT2D eigenvalue weighted by Gasteiger charge is -2.34. The Morgan fingerprint density at radius 3 is 2.55 bits per heavy atom. The van der Waals surface area contributed by atoms with Gasteiger partial charge in [0.15, 0.2) is 0 Å². The molecule has 29 heavy (non-hydrogen) atoms. The van der Waals surface area contributed by atoms with Crippen LogP contribution in [-0.4, -0.2) is 59.9 Å². The summed E-state index contributed by atoms with van der Waals surface area (Å²) in [4.78, 5) is 7.02. The van der Waals surface area contributed by atoms with Crippen molar-refractivity contribution in [3.8, 4) is 0 Å². The maximum atomic E-state index is 12.9. The molecule has 0 spiro atoms. The topological polar surface area (TPSA) is 58.4 Å². The number of hydrogen-bond donors (Lipinski definition) is 0. The molecule has 0 saturated carbocycles. The molecule has 2 aromatic heterocycles. The van der Waals surface area contributed by atoms with E-state index in [1.807, 2.05) is 12.3 Å². The van der Waals surface area contributed by atoms with E-state index in [2.05, 4.69) is 33.6 Å². The standard InChI is InChI=1S/C21H25ClN4O2S/c1-2-25-16-17(18-6-5-10-23-21(18)25)9-11-24-12-14-26(15-13-24)29(27,28)20-8-4-3-7-19(20)22/h3-8,10,16H,2,9,11-15H2,1H3. The molecular weight excluding hydrogens is 408 g/mol. The maximum Gasteiger partial charge on any atom is 0.244 e. The summed E-state index contributed by atoms with van der Waals surface area (Å²) >= 11 is 6.11. The highest BCUT2D eigenvalue weighted by Crippen LogP contribution is 2.25. The molecule has 0 bridgehead atoms. The molecular formula is C21H25ClN4O2S. The van der Waals surface area contributed by atoms with Gasteiger partial charge < -0.3 is 9.47 Å². The molecule has 4 rings (SSSR count). The number of benzene rings is 1. The third-order valence-electron chi connectivity index (χ3n) is 5.54. The predicted molar refractivity (Wildman–Crippen MR) is 116 cm³/mol. The number of fused-ring (bicyclic) bond motifs is 1. The molecule has 1 aromatic carbocycles. The van der Waals surface area contributed by atoms with E-state index in [0.29, 0.717) is 26.2 Å². The van der Waals surface area contributed by atoms with Crippen molar-refractivity contribution in [1.29, 1.82) is 0 Å². The summed E-state index contributed by atoms with van der Waals surface area (Å²) in [6, 6.07) is 10.7. The highest BCUT2D eigenvalue weighted by molar-refractivity contribution is 7.89. The molecule has 0 unspecified atom stereocenters. The summed E-state index contributed by atoms with van der Waals surface area (Å²) in [6.07, 6.45) is 4.94. The zero-order valence-electron chi connectivity index (χ0n) is 16.5. The molecule has 0 atom stereocenters. The highest BCUT2D eigenvalue weighted by Gasteiger charge is 2.29. The van der Waals surface area contributed by atoms with E-state index in [1.54, 1.807) is 24.3 Å². The minimum atomic E-state index is -3.55. The number of nitrogens with zero attached hydrogens (tertiary/aromatic N) is 4. The Balaban J connectivity index is 1.39. The van der Waals surface area contributed by atoms with Gasteiger partial charge in [-0.1, -0.05) is 23.7 Å². The number of hydrogen-bond acceptors (Lipinski definition) is 4. The molecule has 0 N–H and O–H groups in total. The van der Waals surface area contributed by atoms with Gasteiger partial charge in [-0.15, -0.1) is 0 Å². The number of sulfonamides is 1. The van der Waals surface area contributed by atoms with Gasteiger partial charge in [0.25, 0.3) is 0 Å². The van der Waals surface area contributed by atoms with Crippen LogP contribution in [0.2, 0.25) is 5.02 Å². The fraction of sp³-hybridized carbons (Fsp3) is 0.381. The molecule has 1 aliphatic heterocycles. The first kappa shape index (κ1) is 20.3. The highest BCUT2D eigenvalue weighted by atomic mass is 35.5. The monoisotopic (exact) mass is 432 g/mol. The van der Waals surface area contributed by atoms with Gasteiger partial charge in [-0.3, -0.25) is 0 Å². The van der Waals surface area contributed by atoms with Crippen molar-refractivity contribution in [3.63, 3.8) is 0 Å². The van der Waals surface area contributed by atoms with Crippen LogP contribution in [0.4, 0.5) is 0 Å². The molecule has 0 radical (unpaired) electrons. The second-order valence-corrected chi connectivity index (χ2v) is 9.55. The fourth-order valence-electron chi connectivity index (χ4n) is 3.90. The third-order valence-corrected chi connectivity index (χ3v) is 7.94. The minimum absolute atomic E-state index is 0.190. The summed E-state index contributed by atoms with van der Waals surface area (Å²) in [6.45, 7) is 6.31. The normalized spacial score (nSPS) is 16.5. The van der Waals surface area contributed by atoms with E-state index < -0.39 is 10.0 Å². The number of piperazine rings is 1. The number of rotatable bonds is 6. The van der Waals surface area contributed by atoms with Crippen molar-refractivity contribution in [2.24, 2.45) is 0 Å². The minimum Gasteiger partial charge on any atom is -0.333 e. The SMILES string of the molecule is CCn1cc(CCN2CCN(S(=O)(=O)c3ccccc3Cl)CC2)c2cccnc21. The van der Waals surface area contributed by atoms with Gasteiger partial charge in [0, 0.05) is 57.0 Å². The first-order valence-corrected chi connectivity index (χ1v) is 11.7. The van der Waals surface area contributed by atoms with Crippen molar-refractivity contribution in [2.45, 2.75) is 24.8 Å². The Bertz CT molecular complexity index is 1100. The average molecular weight is 433 g/mol. The lowest BCUT2D eigenvalue weighted by atomic mass is 10.1. The van der Waals surface area contributed by atoms with Crippen LogP contribution in [0.5, 0.6) is 0 Å². The molecule has 6 nitrogen and oxygen atoms in total. The Morgan fingerprint density at radius 1 is 1.07 bits per heavy atom. The Kier molecular flexibility index (Phi) is 5.92. The van der Waals surface area contributed by atoms with Crippen LogP contribution in [0.3, 0.4) is 0 Å². The quantitative estimate of drug-likeness (QED) is 0.600. The average Bonchev–Trinajstić information content (AvgIpc) is 3.11. The smallest absolute Gasteiger partial charge is 0.244 e. The van der Waals surface area contributed by atoms with Crippen LogP contribution in [0.1, 0.15) is 12.5 Å². The Labute approximate surface area is 176 Å². The summed E-state index contributed by atoms with van der Waals surface area (Å²) in [5.41, 5.74) is 2.32. The summed E-state index contributed by atoms with van der Waals surface area (Å²) < 4.78 is 29.5. The van der Waals surface area contributed by atoms with Crippen LogP contribution in [0, 0.1) is 0 Å². The van der Waals surface area contributed by atoms with Crippen molar-refractivity contribution in [1.82, 2.24) is 18.8 Å². The zero-order chi connectivity index (χ0) is 20.4. The first-order chi connectivity index (χ1) is 14.0. The molecule has 0 amide bonds. The summed E-state index contributed by atoms with van der Waals surface area (Å²) in [7, 11) is -3.55. The first-order valence-electron chi connectivity index (χ1n) is 9.90. The second-order valence-electron chi connectivity index (χ2n) is 7.24. The predicted octanol–water partition coefficient (Wildman–Crippen LogP) is 3.26. The van der Waals surface area contributed by atoms with Gasteiger partial charge in [-0.05, 0) is 43.2 Å². The zero-order valence-corrected chi connectivity index (χ0v) is 18.0. The molecule has 154 valence electrons. The summed E-state index contributed by atoms with van der Waals surface area (Å²) in [5, 5.41) is 1.48.